The van der Waals surface area contributed by atoms with Crippen molar-refractivity contribution in [2.24, 2.45) is 11.1 Å². The maximum atomic E-state index is 12.3. The van der Waals surface area contributed by atoms with E-state index in [1.807, 2.05) is 6.92 Å². The smallest absolute Gasteiger partial charge is 0.237 e. The summed E-state index contributed by atoms with van der Waals surface area (Å²) in [6, 6.07) is 0.288. The molecule has 0 radical (unpaired) electrons. The van der Waals surface area contributed by atoms with E-state index in [0.717, 1.165) is 44.5 Å². The molecule has 1 aliphatic carbocycles. The predicted octanol–water partition coefficient (Wildman–Crippen LogP) is 2.00. The zero-order valence-corrected chi connectivity index (χ0v) is 12.6. The summed E-state index contributed by atoms with van der Waals surface area (Å²) in [7, 11) is 0. The molecule has 1 saturated heterocycles. The Hall–Kier alpha value is -1.10. The Labute approximate surface area is 121 Å². The van der Waals surface area contributed by atoms with Crippen molar-refractivity contribution in [3.8, 4) is 0 Å². The third kappa shape index (κ3) is 3.51. The molecule has 20 heavy (non-hydrogen) atoms. The minimum Gasteiger partial charge on any atom is -0.411 e. The summed E-state index contributed by atoms with van der Waals surface area (Å²) in [6.07, 6.45) is 6.42. The van der Waals surface area contributed by atoms with Gasteiger partial charge in [0.15, 0.2) is 0 Å². The molecule has 1 heterocycles. The maximum Gasteiger partial charge on any atom is 0.237 e. The average molecular weight is 281 g/mol. The van der Waals surface area contributed by atoms with Crippen LogP contribution in [0.25, 0.3) is 0 Å². The molecule has 1 amide bonds. The lowest BCUT2D eigenvalue weighted by Gasteiger charge is -2.36. The Morgan fingerprint density at radius 1 is 1.50 bits per heavy atom. The van der Waals surface area contributed by atoms with Crippen molar-refractivity contribution in [3.63, 3.8) is 0 Å². The van der Waals surface area contributed by atoms with Crippen molar-refractivity contribution in [1.82, 2.24) is 10.2 Å². The van der Waals surface area contributed by atoms with Gasteiger partial charge in [0.05, 0.1) is 11.8 Å². The van der Waals surface area contributed by atoms with Gasteiger partial charge in [0.1, 0.15) is 0 Å². The monoisotopic (exact) mass is 281 g/mol. The Balaban J connectivity index is 1.88. The van der Waals surface area contributed by atoms with Gasteiger partial charge >= 0.3 is 0 Å². The molecule has 2 fully saturated rings. The van der Waals surface area contributed by atoms with Gasteiger partial charge < -0.3 is 10.5 Å². The molecule has 1 aliphatic heterocycles. The van der Waals surface area contributed by atoms with Crippen LogP contribution in [0.3, 0.4) is 0 Å². The van der Waals surface area contributed by atoms with E-state index in [-0.39, 0.29) is 17.9 Å². The average Bonchev–Trinajstić information content (AvgIpc) is 2.98. The van der Waals surface area contributed by atoms with Crippen molar-refractivity contribution in [2.75, 3.05) is 13.1 Å². The summed E-state index contributed by atoms with van der Waals surface area (Å²) < 4.78 is 0. The van der Waals surface area contributed by atoms with Crippen LogP contribution in [0.2, 0.25) is 0 Å². The number of carbonyl (C=O) groups is 1. The van der Waals surface area contributed by atoms with Crippen molar-refractivity contribution in [1.29, 1.82) is 0 Å². The van der Waals surface area contributed by atoms with Crippen molar-refractivity contribution >= 4 is 11.6 Å². The summed E-state index contributed by atoms with van der Waals surface area (Å²) in [5.74, 6) is 0.423. The van der Waals surface area contributed by atoms with Crippen LogP contribution in [0.4, 0.5) is 0 Å². The zero-order valence-electron chi connectivity index (χ0n) is 12.6. The largest absolute Gasteiger partial charge is 0.411 e. The second-order valence-corrected chi connectivity index (χ2v) is 6.11. The molecule has 2 aliphatic rings. The number of hydrogen-bond donors (Lipinski definition) is 2. The molecule has 114 valence electrons. The minimum absolute atomic E-state index is 0.0927. The van der Waals surface area contributed by atoms with Crippen LogP contribution < -0.4 is 5.32 Å². The van der Waals surface area contributed by atoms with Gasteiger partial charge in [-0.3, -0.25) is 9.69 Å². The standard InChI is InChI=1S/C15H27N3O2/c1-3-12-10-18(9-8-14(12)17-20)11(2)15(19)16-13-6-4-5-7-13/h11-13,20H,3-10H2,1-2H3,(H,16,19). The number of likely N-dealkylation sites (tertiary alicyclic amines) is 1. The summed E-state index contributed by atoms with van der Waals surface area (Å²) >= 11 is 0. The van der Waals surface area contributed by atoms with Crippen LogP contribution >= 0.6 is 0 Å². The number of hydrogen-bond acceptors (Lipinski definition) is 4. The molecule has 2 rings (SSSR count). The second kappa shape index (κ2) is 7.07. The van der Waals surface area contributed by atoms with Crippen LogP contribution in [-0.2, 0) is 4.79 Å². The molecule has 0 aromatic heterocycles. The van der Waals surface area contributed by atoms with Gasteiger partial charge in [0, 0.05) is 31.5 Å². The summed E-state index contributed by atoms with van der Waals surface area (Å²) in [4.78, 5) is 14.5. The number of piperidine rings is 1. The molecule has 2 atom stereocenters. The lowest BCUT2D eigenvalue weighted by Crippen LogP contribution is -2.52. The normalized spacial score (nSPS) is 28.7. The van der Waals surface area contributed by atoms with Crippen molar-refractivity contribution in [2.45, 2.75) is 64.5 Å². The zero-order chi connectivity index (χ0) is 14.5. The lowest BCUT2D eigenvalue weighted by molar-refractivity contribution is -0.126. The summed E-state index contributed by atoms with van der Waals surface area (Å²) in [5, 5.41) is 15.6. The SMILES string of the molecule is CCC1CN(C(C)C(=O)NC2CCCC2)CCC1=NO. The van der Waals surface area contributed by atoms with E-state index in [1.165, 1.54) is 12.8 Å². The van der Waals surface area contributed by atoms with Gasteiger partial charge in [0.25, 0.3) is 0 Å². The molecule has 0 bridgehead atoms. The van der Waals surface area contributed by atoms with Gasteiger partial charge in [-0.25, -0.2) is 0 Å². The Morgan fingerprint density at radius 2 is 2.20 bits per heavy atom. The molecule has 5 nitrogen and oxygen atoms in total. The quantitative estimate of drug-likeness (QED) is 0.612. The first-order chi connectivity index (χ1) is 9.65. The second-order valence-electron chi connectivity index (χ2n) is 6.11. The molecule has 5 heteroatoms. The van der Waals surface area contributed by atoms with E-state index in [2.05, 4.69) is 22.3 Å². The molecule has 0 aromatic carbocycles. The van der Waals surface area contributed by atoms with Crippen LogP contribution in [-0.4, -0.2) is 46.9 Å². The third-order valence-electron chi connectivity index (χ3n) is 4.83. The van der Waals surface area contributed by atoms with Crippen LogP contribution in [0.5, 0.6) is 0 Å². The van der Waals surface area contributed by atoms with Gasteiger partial charge in [-0.2, -0.15) is 0 Å². The highest BCUT2D eigenvalue weighted by Crippen LogP contribution is 2.21. The fourth-order valence-electron chi connectivity index (χ4n) is 3.35. The highest BCUT2D eigenvalue weighted by atomic mass is 16.4. The first kappa shape index (κ1) is 15.3. The van der Waals surface area contributed by atoms with Gasteiger partial charge in [-0.1, -0.05) is 24.9 Å². The molecular formula is C15H27N3O2. The fraction of sp³-hybridized carbons (Fsp3) is 0.867. The highest BCUT2D eigenvalue weighted by molar-refractivity contribution is 5.88. The number of amides is 1. The van der Waals surface area contributed by atoms with Gasteiger partial charge in [-0.15, -0.1) is 0 Å². The van der Waals surface area contributed by atoms with Crippen LogP contribution in [0, 0.1) is 5.92 Å². The molecule has 2 unspecified atom stereocenters. The minimum atomic E-state index is -0.0927. The number of carbonyl (C=O) groups excluding carboxylic acids is 1. The summed E-state index contributed by atoms with van der Waals surface area (Å²) in [6.45, 7) is 5.70. The van der Waals surface area contributed by atoms with E-state index < -0.39 is 0 Å². The Morgan fingerprint density at radius 3 is 2.80 bits per heavy atom. The van der Waals surface area contributed by atoms with Crippen molar-refractivity contribution < 1.29 is 10.0 Å². The first-order valence-corrected chi connectivity index (χ1v) is 7.91. The van der Waals surface area contributed by atoms with Crippen LogP contribution in [0.15, 0.2) is 5.16 Å². The number of nitrogens with zero attached hydrogens (tertiary/aromatic N) is 2. The lowest BCUT2D eigenvalue weighted by atomic mass is 9.92. The van der Waals surface area contributed by atoms with Crippen molar-refractivity contribution in [3.05, 3.63) is 0 Å². The molecule has 1 saturated carbocycles. The fourth-order valence-corrected chi connectivity index (χ4v) is 3.35. The van der Waals surface area contributed by atoms with E-state index in [0.29, 0.717) is 6.04 Å². The summed E-state index contributed by atoms with van der Waals surface area (Å²) in [5.41, 5.74) is 0.882. The topological polar surface area (TPSA) is 64.9 Å². The number of rotatable bonds is 4. The highest BCUT2D eigenvalue weighted by Gasteiger charge is 2.31. The molecule has 0 aromatic rings. The van der Waals surface area contributed by atoms with E-state index in [9.17, 15) is 4.79 Å². The van der Waals surface area contributed by atoms with Crippen LogP contribution in [0.1, 0.15) is 52.4 Å². The Kier molecular flexibility index (Phi) is 5.40. The maximum absolute atomic E-state index is 12.3. The van der Waals surface area contributed by atoms with Gasteiger partial charge in [-0.05, 0) is 26.2 Å². The Bertz CT molecular complexity index is 364. The third-order valence-corrected chi connectivity index (χ3v) is 4.83. The van der Waals surface area contributed by atoms with E-state index >= 15 is 0 Å². The van der Waals surface area contributed by atoms with E-state index in [4.69, 9.17) is 5.21 Å². The molecular weight excluding hydrogens is 254 g/mol. The molecule has 2 N–H and O–H groups in total. The first-order valence-electron chi connectivity index (χ1n) is 7.91. The van der Waals surface area contributed by atoms with E-state index in [1.54, 1.807) is 0 Å². The predicted molar refractivity (Wildman–Crippen MR) is 79.1 cm³/mol. The number of nitrogens with one attached hydrogen (secondary N) is 1. The van der Waals surface area contributed by atoms with Gasteiger partial charge in [0.2, 0.25) is 5.91 Å². The molecule has 0 spiro atoms. The number of oxime groups is 1.